The average molecular weight is 469 g/mol. The lowest BCUT2D eigenvalue weighted by atomic mass is 9.99. The molecule has 178 valence electrons. The second kappa shape index (κ2) is 9.83. The predicted octanol–water partition coefficient (Wildman–Crippen LogP) is 5.63. The molecule has 1 N–H and O–H groups in total. The molecular weight excluding hydrogens is 441 g/mol. The molecular formula is C26H27F3N4O. The molecule has 8 heteroatoms. The van der Waals surface area contributed by atoms with E-state index in [0.29, 0.717) is 29.2 Å². The van der Waals surface area contributed by atoms with Crippen molar-refractivity contribution in [2.45, 2.75) is 45.3 Å². The molecule has 4 rings (SSSR count). The lowest BCUT2D eigenvalue weighted by molar-refractivity contribution is -0.137. The van der Waals surface area contributed by atoms with Gasteiger partial charge in [0.05, 0.1) is 23.1 Å². The number of benzene rings is 2. The fraction of sp³-hybridized carbons (Fsp3) is 0.346. The average Bonchev–Trinajstić information content (AvgIpc) is 2.84. The first kappa shape index (κ1) is 23.7. The number of hydrogen-bond acceptors (Lipinski definition) is 4. The maximum absolute atomic E-state index is 13.0. The monoisotopic (exact) mass is 468 g/mol. The number of amides is 1. The van der Waals surface area contributed by atoms with Gasteiger partial charge in [-0.05, 0) is 37.5 Å². The summed E-state index contributed by atoms with van der Waals surface area (Å²) >= 11 is 0. The highest BCUT2D eigenvalue weighted by Gasteiger charge is 2.30. The molecule has 3 aromatic rings. The van der Waals surface area contributed by atoms with E-state index in [9.17, 15) is 18.0 Å². The number of alkyl halides is 3. The number of nitrogens with zero attached hydrogens (tertiary/aromatic N) is 3. The van der Waals surface area contributed by atoms with E-state index < -0.39 is 11.7 Å². The number of anilines is 1. The zero-order valence-corrected chi connectivity index (χ0v) is 19.2. The Labute approximate surface area is 197 Å². The standard InChI is InChI=1S/C26H27F3N4O/c1-3-23(34)31-20-12-14-33(15-13-20)22-16-30-24(18-8-10-19(11-9-18)26(27,28)29)25(32-22)21-7-5-4-6-17(21)2/h4-11,16,20H,3,12-15H2,1-2H3,(H,31,34). The van der Waals surface area contributed by atoms with E-state index in [2.05, 4.69) is 15.2 Å². The normalized spacial score (nSPS) is 14.8. The molecule has 0 unspecified atom stereocenters. The van der Waals surface area contributed by atoms with Gasteiger partial charge in [-0.2, -0.15) is 13.2 Å². The van der Waals surface area contributed by atoms with E-state index in [1.807, 2.05) is 38.1 Å². The fourth-order valence-corrected chi connectivity index (χ4v) is 4.17. The minimum Gasteiger partial charge on any atom is -0.355 e. The summed E-state index contributed by atoms with van der Waals surface area (Å²) in [6.07, 6.45) is -0.617. The molecule has 34 heavy (non-hydrogen) atoms. The van der Waals surface area contributed by atoms with Crippen molar-refractivity contribution in [3.63, 3.8) is 0 Å². The van der Waals surface area contributed by atoms with Gasteiger partial charge in [-0.25, -0.2) is 4.98 Å². The molecule has 0 bridgehead atoms. The van der Waals surface area contributed by atoms with Crippen molar-refractivity contribution in [2.24, 2.45) is 0 Å². The van der Waals surface area contributed by atoms with Crippen LogP contribution in [0.3, 0.4) is 0 Å². The minimum absolute atomic E-state index is 0.0565. The molecule has 0 saturated carbocycles. The smallest absolute Gasteiger partial charge is 0.355 e. The van der Waals surface area contributed by atoms with Crippen LogP contribution in [0.15, 0.2) is 54.7 Å². The summed E-state index contributed by atoms with van der Waals surface area (Å²) in [5.74, 6) is 0.773. The molecule has 5 nitrogen and oxygen atoms in total. The van der Waals surface area contributed by atoms with Gasteiger partial charge in [0.2, 0.25) is 5.91 Å². The molecule has 1 amide bonds. The van der Waals surface area contributed by atoms with Gasteiger partial charge >= 0.3 is 6.18 Å². The van der Waals surface area contributed by atoms with Crippen LogP contribution in [0.4, 0.5) is 19.0 Å². The van der Waals surface area contributed by atoms with E-state index in [1.54, 1.807) is 6.20 Å². The Hall–Kier alpha value is -3.42. The van der Waals surface area contributed by atoms with Crippen LogP contribution < -0.4 is 10.2 Å². The summed E-state index contributed by atoms with van der Waals surface area (Å²) in [4.78, 5) is 23.4. The minimum atomic E-state index is -4.39. The van der Waals surface area contributed by atoms with Crippen molar-refractivity contribution < 1.29 is 18.0 Å². The highest BCUT2D eigenvalue weighted by atomic mass is 19.4. The lowest BCUT2D eigenvalue weighted by Gasteiger charge is -2.33. The van der Waals surface area contributed by atoms with Crippen molar-refractivity contribution >= 4 is 11.7 Å². The fourth-order valence-electron chi connectivity index (χ4n) is 4.17. The Bertz CT molecular complexity index is 1150. The number of carbonyl (C=O) groups excluding carboxylic acids is 1. The maximum atomic E-state index is 13.0. The van der Waals surface area contributed by atoms with Gasteiger partial charge in [0.1, 0.15) is 5.82 Å². The molecule has 0 radical (unpaired) electrons. The van der Waals surface area contributed by atoms with Crippen LogP contribution in [-0.2, 0) is 11.0 Å². The summed E-state index contributed by atoms with van der Waals surface area (Å²) in [5.41, 5.74) is 2.94. The third-order valence-electron chi connectivity index (χ3n) is 6.15. The number of carbonyl (C=O) groups is 1. The Morgan fingerprint density at radius 3 is 2.35 bits per heavy atom. The number of piperidine rings is 1. The molecule has 0 spiro atoms. The summed E-state index contributed by atoms with van der Waals surface area (Å²) in [5, 5.41) is 3.05. The number of aryl methyl sites for hydroxylation is 1. The maximum Gasteiger partial charge on any atom is 0.416 e. The van der Waals surface area contributed by atoms with Gasteiger partial charge in [0, 0.05) is 36.7 Å². The Morgan fingerprint density at radius 2 is 1.74 bits per heavy atom. The number of halogens is 3. The van der Waals surface area contributed by atoms with Gasteiger partial charge in [0.25, 0.3) is 0 Å². The van der Waals surface area contributed by atoms with E-state index in [4.69, 9.17) is 4.98 Å². The van der Waals surface area contributed by atoms with E-state index in [1.165, 1.54) is 12.1 Å². The van der Waals surface area contributed by atoms with Gasteiger partial charge in [-0.3, -0.25) is 9.78 Å². The first-order chi connectivity index (χ1) is 16.3. The highest BCUT2D eigenvalue weighted by molar-refractivity contribution is 5.80. The zero-order chi connectivity index (χ0) is 24.3. The Kier molecular flexibility index (Phi) is 6.86. The van der Waals surface area contributed by atoms with Gasteiger partial charge in [-0.15, -0.1) is 0 Å². The van der Waals surface area contributed by atoms with E-state index in [0.717, 1.165) is 49.2 Å². The quantitative estimate of drug-likeness (QED) is 0.527. The Balaban J connectivity index is 1.66. The summed E-state index contributed by atoms with van der Waals surface area (Å²) in [6, 6.07) is 12.9. The predicted molar refractivity (Wildman–Crippen MR) is 126 cm³/mol. The number of aromatic nitrogens is 2. The molecule has 0 aliphatic carbocycles. The van der Waals surface area contributed by atoms with Gasteiger partial charge < -0.3 is 10.2 Å². The van der Waals surface area contributed by atoms with Crippen LogP contribution in [-0.4, -0.2) is 35.0 Å². The number of hydrogen-bond donors (Lipinski definition) is 1. The molecule has 0 atom stereocenters. The topological polar surface area (TPSA) is 58.1 Å². The Morgan fingerprint density at radius 1 is 1.06 bits per heavy atom. The lowest BCUT2D eigenvalue weighted by Crippen LogP contribution is -2.44. The number of rotatable bonds is 5. The van der Waals surface area contributed by atoms with Crippen LogP contribution in [0.25, 0.3) is 22.5 Å². The van der Waals surface area contributed by atoms with Crippen molar-refractivity contribution in [3.8, 4) is 22.5 Å². The number of nitrogens with one attached hydrogen (secondary N) is 1. The highest BCUT2D eigenvalue weighted by Crippen LogP contribution is 2.35. The second-order valence-corrected chi connectivity index (χ2v) is 8.50. The van der Waals surface area contributed by atoms with Crippen molar-refractivity contribution in [2.75, 3.05) is 18.0 Å². The van der Waals surface area contributed by atoms with E-state index >= 15 is 0 Å². The second-order valence-electron chi connectivity index (χ2n) is 8.50. The van der Waals surface area contributed by atoms with Crippen LogP contribution in [0.1, 0.15) is 37.3 Å². The van der Waals surface area contributed by atoms with Gasteiger partial charge in [-0.1, -0.05) is 43.3 Å². The van der Waals surface area contributed by atoms with Crippen LogP contribution in [0, 0.1) is 6.92 Å². The molecule has 1 aliphatic rings. The van der Waals surface area contributed by atoms with Crippen molar-refractivity contribution in [1.29, 1.82) is 0 Å². The first-order valence-electron chi connectivity index (χ1n) is 11.4. The van der Waals surface area contributed by atoms with Crippen molar-refractivity contribution in [1.82, 2.24) is 15.3 Å². The summed E-state index contributed by atoms with van der Waals surface area (Å²) < 4.78 is 39.1. The molecule has 1 aromatic heterocycles. The third-order valence-corrected chi connectivity index (χ3v) is 6.15. The molecule has 2 aromatic carbocycles. The van der Waals surface area contributed by atoms with E-state index in [-0.39, 0.29) is 11.9 Å². The summed E-state index contributed by atoms with van der Waals surface area (Å²) in [7, 11) is 0. The third kappa shape index (κ3) is 5.21. The molecule has 1 saturated heterocycles. The summed E-state index contributed by atoms with van der Waals surface area (Å²) in [6.45, 7) is 5.28. The largest absolute Gasteiger partial charge is 0.416 e. The van der Waals surface area contributed by atoms with Crippen molar-refractivity contribution in [3.05, 3.63) is 65.9 Å². The molecule has 1 aliphatic heterocycles. The SMILES string of the molecule is CCC(=O)NC1CCN(c2cnc(-c3ccc(C(F)(F)F)cc3)c(-c3ccccc3C)n2)CC1. The molecule has 2 heterocycles. The van der Waals surface area contributed by atoms with Gasteiger partial charge in [0.15, 0.2) is 0 Å². The first-order valence-corrected chi connectivity index (χ1v) is 11.4. The van der Waals surface area contributed by atoms with Crippen LogP contribution in [0.5, 0.6) is 0 Å². The molecule has 1 fully saturated rings. The van der Waals surface area contributed by atoms with Crippen LogP contribution >= 0.6 is 0 Å². The van der Waals surface area contributed by atoms with Crippen LogP contribution in [0.2, 0.25) is 0 Å². The zero-order valence-electron chi connectivity index (χ0n) is 19.2.